The molecule has 0 amide bonds. The lowest BCUT2D eigenvalue weighted by Gasteiger charge is -2.15. The third-order valence-corrected chi connectivity index (χ3v) is 3.42. The summed E-state index contributed by atoms with van der Waals surface area (Å²) in [7, 11) is 0. The van der Waals surface area contributed by atoms with Crippen molar-refractivity contribution in [2.24, 2.45) is 0 Å². The highest BCUT2D eigenvalue weighted by Gasteiger charge is 2.16. The van der Waals surface area contributed by atoms with Gasteiger partial charge >= 0.3 is 0 Å². The molecule has 0 radical (unpaired) electrons. The van der Waals surface area contributed by atoms with Gasteiger partial charge in [0, 0.05) is 17.8 Å². The topological polar surface area (TPSA) is 17.8 Å². The van der Waals surface area contributed by atoms with Crippen LogP contribution < -0.4 is 0 Å². The van der Waals surface area contributed by atoms with Crippen molar-refractivity contribution in [3.05, 3.63) is 41.7 Å². The van der Waals surface area contributed by atoms with E-state index in [2.05, 4.69) is 41.0 Å². The van der Waals surface area contributed by atoms with Crippen molar-refractivity contribution in [3.63, 3.8) is 0 Å². The molecule has 0 saturated heterocycles. The van der Waals surface area contributed by atoms with Crippen LogP contribution in [-0.2, 0) is 13.0 Å². The molecular formula is C14H16N2. The molecule has 0 N–H and O–H groups in total. The van der Waals surface area contributed by atoms with E-state index < -0.39 is 0 Å². The van der Waals surface area contributed by atoms with E-state index >= 15 is 0 Å². The van der Waals surface area contributed by atoms with E-state index in [1.165, 1.54) is 41.6 Å². The summed E-state index contributed by atoms with van der Waals surface area (Å²) in [5.74, 6) is 0. The predicted molar refractivity (Wildman–Crippen MR) is 65.3 cm³/mol. The Kier molecular flexibility index (Phi) is 2.28. The molecule has 2 nitrogen and oxygen atoms in total. The van der Waals surface area contributed by atoms with Gasteiger partial charge in [-0.3, -0.25) is 4.68 Å². The molecule has 2 aromatic rings. The summed E-state index contributed by atoms with van der Waals surface area (Å²) in [5, 5.41) is 4.49. The van der Waals surface area contributed by atoms with Crippen molar-refractivity contribution >= 4 is 0 Å². The summed E-state index contributed by atoms with van der Waals surface area (Å²) in [5.41, 5.74) is 5.42. The van der Waals surface area contributed by atoms with Crippen LogP contribution in [0.25, 0.3) is 11.1 Å². The molecule has 1 aromatic heterocycles. The van der Waals surface area contributed by atoms with Gasteiger partial charge in [0.25, 0.3) is 0 Å². The van der Waals surface area contributed by atoms with Crippen LogP contribution in [0.15, 0.2) is 30.5 Å². The second-order valence-corrected chi connectivity index (χ2v) is 4.50. The number of aromatic nitrogens is 2. The highest BCUT2D eigenvalue weighted by molar-refractivity contribution is 5.68. The monoisotopic (exact) mass is 212 g/mol. The summed E-state index contributed by atoms with van der Waals surface area (Å²) < 4.78 is 2.17. The van der Waals surface area contributed by atoms with E-state index in [4.69, 9.17) is 0 Å². The largest absolute Gasteiger partial charge is 0.269 e. The van der Waals surface area contributed by atoms with E-state index in [1.807, 2.05) is 6.20 Å². The fourth-order valence-corrected chi connectivity index (χ4v) is 2.52. The van der Waals surface area contributed by atoms with Crippen LogP contribution in [-0.4, -0.2) is 9.78 Å². The fraction of sp³-hybridized carbons (Fsp3) is 0.357. The summed E-state index contributed by atoms with van der Waals surface area (Å²) in [4.78, 5) is 0. The van der Waals surface area contributed by atoms with Crippen LogP contribution in [0, 0.1) is 6.92 Å². The molecule has 2 heterocycles. The molecule has 0 saturated carbocycles. The van der Waals surface area contributed by atoms with Crippen molar-refractivity contribution in [2.75, 3.05) is 0 Å². The van der Waals surface area contributed by atoms with Gasteiger partial charge in [0.05, 0.1) is 6.20 Å². The highest BCUT2D eigenvalue weighted by Crippen LogP contribution is 2.29. The van der Waals surface area contributed by atoms with Gasteiger partial charge in [0.15, 0.2) is 0 Å². The molecule has 0 spiro atoms. The SMILES string of the molecule is Cc1ccccc1-c1cnn2c1CCCC2. The first-order valence-electron chi connectivity index (χ1n) is 5.97. The van der Waals surface area contributed by atoms with Gasteiger partial charge in [-0.25, -0.2) is 0 Å². The maximum atomic E-state index is 4.49. The number of fused-ring (bicyclic) bond motifs is 1. The number of hydrogen-bond donors (Lipinski definition) is 0. The second kappa shape index (κ2) is 3.78. The first-order chi connectivity index (χ1) is 7.86. The zero-order chi connectivity index (χ0) is 11.0. The van der Waals surface area contributed by atoms with Crippen LogP contribution in [0.4, 0.5) is 0 Å². The highest BCUT2D eigenvalue weighted by atomic mass is 15.3. The summed E-state index contributed by atoms with van der Waals surface area (Å²) in [6, 6.07) is 8.56. The third-order valence-electron chi connectivity index (χ3n) is 3.42. The number of benzene rings is 1. The Bertz CT molecular complexity index is 511. The maximum Gasteiger partial charge on any atom is 0.0571 e. The lowest BCUT2D eigenvalue weighted by atomic mass is 9.98. The fourth-order valence-electron chi connectivity index (χ4n) is 2.52. The lowest BCUT2D eigenvalue weighted by molar-refractivity contribution is 0.487. The average Bonchev–Trinajstić information content (AvgIpc) is 2.74. The molecule has 82 valence electrons. The first-order valence-corrected chi connectivity index (χ1v) is 5.97. The molecule has 0 atom stereocenters. The van der Waals surface area contributed by atoms with Crippen molar-refractivity contribution in [2.45, 2.75) is 32.7 Å². The van der Waals surface area contributed by atoms with Crippen LogP contribution in [0.3, 0.4) is 0 Å². The number of rotatable bonds is 1. The van der Waals surface area contributed by atoms with Crippen LogP contribution in [0.5, 0.6) is 0 Å². The van der Waals surface area contributed by atoms with Gasteiger partial charge in [-0.05, 0) is 37.3 Å². The molecule has 1 aliphatic heterocycles. The smallest absolute Gasteiger partial charge is 0.0571 e. The van der Waals surface area contributed by atoms with Crippen molar-refractivity contribution in [3.8, 4) is 11.1 Å². The average molecular weight is 212 g/mol. The number of hydrogen-bond acceptors (Lipinski definition) is 1. The molecule has 16 heavy (non-hydrogen) atoms. The Labute approximate surface area is 95.9 Å². The summed E-state index contributed by atoms with van der Waals surface area (Å²) in [6.45, 7) is 3.25. The zero-order valence-corrected chi connectivity index (χ0v) is 9.61. The molecule has 0 unspecified atom stereocenters. The molecular weight excluding hydrogens is 196 g/mol. The molecule has 1 aliphatic rings. The molecule has 0 fully saturated rings. The second-order valence-electron chi connectivity index (χ2n) is 4.50. The number of aryl methyl sites for hydroxylation is 2. The van der Waals surface area contributed by atoms with Gasteiger partial charge in [-0.2, -0.15) is 5.10 Å². The van der Waals surface area contributed by atoms with Gasteiger partial charge < -0.3 is 0 Å². The van der Waals surface area contributed by atoms with Crippen molar-refractivity contribution in [1.82, 2.24) is 9.78 Å². The molecule has 2 heteroatoms. The van der Waals surface area contributed by atoms with Crippen LogP contribution in [0.2, 0.25) is 0 Å². The summed E-state index contributed by atoms with van der Waals surface area (Å²) >= 11 is 0. The minimum Gasteiger partial charge on any atom is -0.269 e. The molecule has 1 aromatic carbocycles. The van der Waals surface area contributed by atoms with Gasteiger partial charge in [-0.15, -0.1) is 0 Å². The van der Waals surface area contributed by atoms with E-state index in [1.54, 1.807) is 0 Å². The zero-order valence-electron chi connectivity index (χ0n) is 9.61. The van der Waals surface area contributed by atoms with Crippen molar-refractivity contribution < 1.29 is 0 Å². The Balaban J connectivity index is 2.13. The van der Waals surface area contributed by atoms with Crippen LogP contribution >= 0.6 is 0 Å². The van der Waals surface area contributed by atoms with Crippen molar-refractivity contribution in [1.29, 1.82) is 0 Å². The van der Waals surface area contributed by atoms with E-state index in [0.717, 1.165) is 6.54 Å². The Hall–Kier alpha value is -1.57. The minimum atomic E-state index is 1.08. The Morgan fingerprint density at radius 2 is 2.00 bits per heavy atom. The third kappa shape index (κ3) is 1.45. The summed E-state index contributed by atoms with van der Waals surface area (Å²) in [6.07, 6.45) is 5.76. The Morgan fingerprint density at radius 1 is 1.12 bits per heavy atom. The van der Waals surface area contributed by atoms with E-state index in [0.29, 0.717) is 0 Å². The van der Waals surface area contributed by atoms with Gasteiger partial charge in [0.2, 0.25) is 0 Å². The predicted octanol–water partition coefficient (Wildman–Crippen LogP) is 3.19. The molecule has 3 rings (SSSR count). The minimum absolute atomic E-state index is 1.08. The molecule has 0 aliphatic carbocycles. The maximum absolute atomic E-state index is 4.49. The van der Waals surface area contributed by atoms with E-state index in [-0.39, 0.29) is 0 Å². The normalized spacial score (nSPS) is 14.8. The van der Waals surface area contributed by atoms with Gasteiger partial charge in [-0.1, -0.05) is 24.3 Å². The molecule has 0 bridgehead atoms. The van der Waals surface area contributed by atoms with Crippen LogP contribution in [0.1, 0.15) is 24.1 Å². The van der Waals surface area contributed by atoms with Gasteiger partial charge in [0.1, 0.15) is 0 Å². The standard InChI is InChI=1S/C14H16N2/c1-11-6-2-3-7-12(11)13-10-15-16-9-5-4-8-14(13)16/h2-3,6-7,10H,4-5,8-9H2,1H3. The lowest BCUT2D eigenvalue weighted by Crippen LogP contribution is -2.11. The Morgan fingerprint density at radius 3 is 2.88 bits per heavy atom. The first kappa shape index (κ1) is 9.64. The number of nitrogens with zero attached hydrogens (tertiary/aromatic N) is 2. The quantitative estimate of drug-likeness (QED) is 0.709. The van der Waals surface area contributed by atoms with E-state index in [9.17, 15) is 0 Å².